The van der Waals surface area contributed by atoms with E-state index < -0.39 is 6.10 Å². The lowest BCUT2D eigenvalue weighted by molar-refractivity contribution is 0.0759. The van der Waals surface area contributed by atoms with E-state index in [-0.39, 0.29) is 11.8 Å². The van der Waals surface area contributed by atoms with E-state index in [0.29, 0.717) is 36.6 Å². The number of aromatic amines is 1. The van der Waals surface area contributed by atoms with Crippen LogP contribution in [0.15, 0.2) is 54.9 Å². The number of carbonyl (C=O) groups is 1. The normalized spacial score (nSPS) is 19.7. The zero-order chi connectivity index (χ0) is 17.9. The van der Waals surface area contributed by atoms with Gasteiger partial charge in [-0.2, -0.15) is 5.10 Å². The highest BCUT2D eigenvalue weighted by molar-refractivity contribution is 5.93. The van der Waals surface area contributed by atoms with Crippen LogP contribution in [0.4, 0.5) is 0 Å². The highest BCUT2D eigenvalue weighted by Gasteiger charge is 2.35. The van der Waals surface area contributed by atoms with Gasteiger partial charge in [0.05, 0.1) is 11.8 Å². The van der Waals surface area contributed by atoms with Crippen molar-refractivity contribution in [2.24, 2.45) is 5.92 Å². The fourth-order valence-corrected chi connectivity index (χ4v) is 3.26. The Kier molecular flexibility index (Phi) is 4.45. The molecule has 0 aromatic carbocycles. The van der Waals surface area contributed by atoms with Crippen molar-refractivity contribution in [1.82, 2.24) is 25.1 Å². The van der Waals surface area contributed by atoms with Crippen molar-refractivity contribution < 1.29 is 9.90 Å². The highest BCUT2D eigenvalue weighted by Crippen LogP contribution is 2.23. The van der Waals surface area contributed by atoms with E-state index in [1.807, 2.05) is 36.4 Å². The van der Waals surface area contributed by atoms with Gasteiger partial charge >= 0.3 is 0 Å². The summed E-state index contributed by atoms with van der Waals surface area (Å²) in [6, 6.07) is 13.0. The Morgan fingerprint density at radius 3 is 2.65 bits per heavy atom. The van der Waals surface area contributed by atoms with Gasteiger partial charge in [0, 0.05) is 37.1 Å². The molecule has 2 N–H and O–H groups in total. The summed E-state index contributed by atoms with van der Waals surface area (Å²) in [4.78, 5) is 22.9. The Labute approximate surface area is 150 Å². The number of β-amino-alcohol motifs (C(OH)–C–C–N with tert-alkyl or cyclic N) is 1. The number of aromatic nitrogens is 4. The summed E-state index contributed by atoms with van der Waals surface area (Å²) >= 11 is 0. The molecule has 1 aliphatic heterocycles. The number of hydrogen-bond donors (Lipinski definition) is 2. The molecule has 1 aliphatic rings. The first-order valence-electron chi connectivity index (χ1n) is 8.55. The zero-order valence-corrected chi connectivity index (χ0v) is 14.1. The van der Waals surface area contributed by atoms with Gasteiger partial charge in [-0.3, -0.25) is 19.9 Å². The summed E-state index contributed by atoms with van der Waals surface area (Å²) in [5.41, 5.74) is 2.65. The van der Waals surface area contributed by atoms with Crippen LogP contribution in [0, 0.1) is 5.92 Å². The number of aliphatic hydroxyl groups excluding tert-OH is 1. The molecular formula is C19H19N5O2. The average Bonchev–Trinajstić information content (AvgIpc) is 3.31. The summed E-state index contributed by atoms with van der Waals surface area (Å²) in [7, 11) is 0. The maximum atomic E-state index is 12.7. The van der Waals surface area contributed by atoms with Crippen LogP contribution in [0.2, 0.25) is 0 Å². The second-order valence-corrected chi connectivity index (χ2v) is 6.44. The largest absolute Gasteiger partial charge is 0.391 e. The molecule has 1 saturated heterocycles. The van der Waals surface area contributed by atoms with E-state index in [9.17, 15) is 9.90 Å². The lowest BCUT2D eigenvalue weighted by Crippen LogP contribution is -2.29. The average molecular weight is 349 g/mol. The van der Waals surface area contributed by atoms with Crippen LogP contribution in [-0.2, 0) is 6.42 Å². The van der Waals surface area contributed by atoms with Gasteiger partial charge in [-0.25, -0.2) is 0 Å². The van der Waals surface area contributed by atoms with E-state index in [0.717, 1.165) is 5.69 Å². The Bertz CT molecular complexity index is 881. The molecule has 4 heterocycles. The second kappa shape index (κ2) is 7.05. The van der Waals surface area contributed by atoms with Crippen LogP contribution >= 0.6 is 0 Å². The van der Waals surface area contributed by atoms with Crippen LogP contribution in [0.25, 0.3) is 11.4 Å². The number of hydrogen-bond acceptors (Lipinski definition) is 5. The van der Waals surface area contributed by atoms with E-state index in [2.05, 4.69) is 20.2 Å². The Morgan fingerprint density at radius 2 is 1.92 bits per heavy atom. The van der Waals surface area contributed by atoms with E-state index in [4.69, 9.17) is 0 Å². The van der Waals surface area contributed by atoms with E-state index in [1.165, 1.54) is 0 Å². The first-order chi connectivity index (χ1) is 12.7. The maximum absolute atomic E-state index is 12.7. The Morgan fingerprint density at radius 1 is 1.12 bits per heavy atom. The fraction of sp³-hybridized carbons (Fsp3) is 0.263. The molecule has 2 atom stereocenters. The Hall–Kier alpha value is -3.06. The number of nitrogens with one attached hydrogen (secondary N) is 1. The van der Waals surface area contributed by atoms with E-state index in [1.54, 1.807) is 23.4 Å². The summed E-state index contributed by atoms with van der Waals surface area (Å²) in [5, 5.41) is 17.3. The summed E-state index contributed by atoms with van der Waals surface area (Å²) in [5.74, 6) is -0.186. The van der Waals surface area contributed by atoms with Crippen molar-refractivity contribution in [1.29, 1.82) is 0 Å². The van der Waals surface area contributed by atoms with Gasteiger partial charge in [-0.15, -0.1) is 0 Å². The predicted octanol–water partition coefficient (Wildman–Crippen LogP) is 1.54. The lowest BCUT2D eigenvalue weighted by atomic mass is 10.00. The van der Waals surface area contributed by atoms with Crippen LogP contribution in [0.3, 0.4) is 0 Å². The van der Waals surface area contributed by atoms with Gasteiger partial charge < -0.3 is 10.0 Å². The molecule has 0 spiro atoms. The molecule has 3 aromatic heterocycles. The number of pyridine rings is 2. The number of amides is 1. The lowest BCUT2D eigenvalue weighted by Gasteiger charge is -2.14. The van der Waals surface area contributed by atoms with Crippen molar-refractivity contribution in [3.8, 4) is 11.4 Å². The number of aliphatic hydroxyl groups is 1. The summed E-state index contributed by atoms with van der Waals surface area (Å²) < 4.78 is 0. The number of nitrogens with zero attached hydrogens (tertiary/aromatic N) is 4. The third-order valence-electron chi connectivity index (χ3n) is 4.63. The molecule has 0 bridgehead atoms. The minimum absolute atomic E-state index is 0.0213. The van der Waals surface area contributed by atoms with Crippen LogP contribution in [0.5, 0.6) is 0 Å². The standard InChI is InChI=1S/C19H19N5O2/c25-18-12-24(11-13(18)9-14-5-1-3-7-20-14)19(26)17-10-16(22-23-17)15-6-2-4-8-21-15/h1-8,10,13,18,25H,9,11-12H2,(H,22,23)/t13-,18-/m1/s1. The highest BCUT2D eigenvalue weighted by atomic mass is 16.3. The third-order valence-corrected chi connectivity index (χ3v) is 4.63. The van der Waals surface area contributed by atoms with Crippen LogP contribution in [0.1, 0.15) is 16.2 Å². The van der Waals surface area contributed by atoms with E-state index >= 15 is 0 Å². The predicted molar refractivity (Wildman–Crippen MR) is 95.2 cm³/mol. The van der Waals surface area contributed by atoms with Crippen molar-refractivity contribution >= 4 is 5.91 Å². The molecule has 7 heteroatoms. The number of rotatable bonds is 4. The molecule has 1 fully saturated rings. The third kappa shape index (κ3) is 3.34. The molecule has 1 amide bonds. The van der Waals surface area contributed by atoms with Gasteiger partial charge in [-0.05, 0) is 36.8 Å². The molecule has 3 aromatic rings. The molecule has 0 unspecified atom stereocenters. The van der Waals surface area contributed by atoms with Gasteiger partial charge in [0.15, 0.2) is 0 Å². The van der Waals surface area contributed by atoms with Gasteiger partial charge in [0.2, 0.25) is 0 Å². The summed E-state index contributed by atoms with van der Waals surface area (Å²) in [6.45, 7) is 0.808. The molecule has 7 nitrogen and oxygen atoms in total. The maximum Gasteiger partial charge on any atom is 0.271 e. The first kappa shape index (κ1) is 16.4. The number of carbonyl (C=O) groups excluding carboxylic acids is 1. The van der Waals surface area contributed by atoms with Crippen molar-refractivity contribution in [3.63, 3.8) is 0 Å². The SMILES string of the molecule is O=C(c1cc(-c2ccccn2)n[nH]1)N1C[C@@H](Cc2ccccn2)[C@H](O)C1. The number of likely N-dealkylation sites (tertiary alicyclic amines) is 1. The Balaban J connectivity index is 1.45. The minimum Gasteiger partial charge on any atom is -0.391 e. The molecule has 132 valence electrons. The molecule has 0 saturated carbocycles. The second-order valence-electron chi connectivity index (χ2n) is 6.44. The topological polar surface area (TPSA) is 95.0 Å². The minimum atomic E-state index is -0.556. The first-order valence-corrected chi connectivity index (χ1v) is 8.55. The van der Waals surface area contributed by atoms with Crippen molar-refractivity contribution in [2.75, 3.05) is 13.1 Å². The number of H-pyrrole nitrogens is 1. The van der Waals surface area contributed by atoms with Crippen molar-refractivity contribution in [3.05, 3.63) is 66.2 Å². The van der Waals surface area contributed by atoms with Crippen molar-refractivity contribution in [2.45, 2.75) is 12.5 Å². The quantitative estimate of drug-likeness (QED) is 0.745. The summed E-state index contributed by atoms with van der Waals surface area (Å²) in [6.07, 6.45) is 3.51. The molecule has 0 aliphatic carbocycles. The molecule has 26 heavy (non-hydrogen) atoms. The van der Waals surface area contributed by atoms with Gasteiger partial charge in [-0.1, -0.05) is 12.1 Å². The monoisotopic (exact) mass is 349 g/mol. The fourth-order valence-electron chi connectivity index (χ4n) is 3.26. The smallest absolute Gasteiger partial charge is 0.271 e. The molecular weight excluding hydrogens is 330 g/mol. The van der Waals surface area contributed by atoms with Crippen LogP contribution < -0.4 is 0 Å². The molecule has 0 radical (unpaired) electrons. The zero-order valence-electron chi connectivity index (χ0n) is 14.1. The van der Waals surface area contributed by atoms with Gasteiger partial charge in [0.1, 0.15) is 11.4 Å². The van der Waals surface area contributed by atoms with Gasteiger partial charge in [0.25, 0.3) is 5.91 Å². The van der Waals surface area contributed by atoms with Crippen LogP contribution in [-0.4, -0.2) is 55.3 Å². The molecule has 4 rings (SSSR count).